The molecule has 2 rings (SSSR count). The van der Waals surface area contributed by atoms with E-state index in [1.165, 1.54) is 0 Å². The number of aliphatic carboxylic acids is 1. The van der Waals surface area contributed by atoms with E-state index in [-0.39, 0.29) is 37.9 Å². The topological polar surface area (TPSA) is 87.1 Å². The SMILES string of the molecule is CC(C)Oc1ccccc1C(=O)N1CCC(O)(C(=O)O)CC1. The molecule has 1 aromatic carbocycles. The second kappa shape index (κ2) is 6.36. The number of benzene rings is 1. The molecule has 6 heteroatoms. The van der Waals surface area contributed by atoms with Crippen LogP contribution < -0.4 is 4.74 Å². The monoisotopic (exact) mass is 307 g/mol. The highest BCUT2D eigenvalue weighted by Crippen LogP contribution is 2.26. The minimum atomic E-state index is -1.73. The number of aliphatic hydroxyl groups is 1. The minimum absolute atomic E-state index is 0.0290. The van der Waals surface area contributed by atoms with Crippen molar-refractivity contribution in [3.63, 3.8) is 0 Å². The van der Waals surface area contributed by atoms with Crippen molar-refractivity contribution in [3.8, 4) is 5.75 Å². The molecule has 1 aliphatic rings. The van der Waals surface area contributed by atoms with Gasteiger partial charge in [0.25, 0.3) is 5.91 Å². The van der Waals surface area contributed by atoms with Crippen LogP contribution >= 0.6 is 0 Å². The normalized spacial score (nSPS) is 17.4. The number of carboxylic acids is 1. The zero-order chi connectivity index (χ0) is 16.3. The van der Waals surface area contributed by atoms with E-state index in [0.29, 0.717) is 11.3 Å². The summed E-state index contributed by atoms with van der Waals surface area (Å²) in [6.07, 6.45) is 0.00939. The molecule has 0 radical (unpaired) electrons. The van der Waals surface area contributed by atoms with Crippen LogP contribution in [0, 0.1) is 0 Å². The number of hydrogen-bond acceptors (Lipinski definition) is 4. The summed E-state index contributed by atoms with van der Waals surface area (Å²) >= 11 is 0. The molecular formula is C16H21NO5. The second-order valence-corrected chi connectivity index (χ2v) is 5.79. The fourth-order valence-electron chi connectivity index (χ4n) is 2.46. The van der Waals surface area contributed by atoms with Gasteiger partial charge in [0.1, 0.15) is 5.75 Å². The first-order valence-corrected chi connectivity index (χ1v) is 7.34. The Kier molecular flexibility index (Phi) is 4.71. The average molecular weight is 307 g/mol. The molecular weight excluding hydrogens is 286 g/mol. The number of para-hydroxylation sites is 1. The van der Waals surface area contributed by atoms with E-state index in [2.05, 4.69) is 0 Å². The lowest BCUT2D eigenvalue weighted by Crippen LogP contribution is -2.50. The van der Waals surface area contributed by atoms with Gasteiger partial charge in [0.05, 0.1) is 11.7 Å². The summed E-state index contributed by atoms with van der Waals surface area (Å²) in [5.74, 6) is -0.923. The number of hydrogen-bond donors (Lipinski definition) is 2. The molecule has 0 aromatic heterocycles. The fraction of sp³-hybridized carbons (Fsp3) is 0.500. The van der Waals surface area contributed by atoms with Crippen molar-refractivity contribution in [1.82, 2.24) is 4.90 Å². The number of likely N-dealkylation sites (tertiary alicyclic amines) is 1. The van der Waals surface area contributed by atoms with Gasteiger partial charge in [0, 0.05) is 25.9 Å². The highest BCUT2D eigenvalue weighted by molar-refractivity contribution is 5.97. The molecule has 1 heterocycles. The lowest BCUT2D eigenvalue weighted by atomic mass is 9.91. The van der Waals surface area contributed by atoms with Crippen molar-refractivity contribution in [3.05, 3.63) is 29.8 Å². The van der Waals surface area contributed by atoms with Crippen LogP contribution in [-0.4, -0.2) is 51.8 Å². The summed E-state index contributed by atoms with van der Waals surface area (Å²) in [6.45, 7) is 4.18. The molecule has 22 heavy (non-hydrogen) atoms. The molecule has 6 nitrogen and oxygen atoms in total. The number of carbonyl (C=O) groups is 2. The van der Waals surface area contributed by atoms with E-state index in [1.807, 2.05) is 13.8 Å². The second-order valence-electron chi connectivity index (χ2n) is 5.79. The third-order valence-corrected chi connectivity index (χ3v) is 3.76. The Morgan fingerprint density at radius 3 is 2.36 bits per heavy atom. The van der Waals surface area contributed by atoms with E-state index >= 15 is 0 Å². The van der Waals surface area contributed by atoms with E-state index in [4.69, 9.17) is 9.84 Å². The molecule has 0 aliphatic carbocycles. The Morgan fingerprint density at radius 2 is 1.82 bits per heavy atom. The summed E-state index contributed by atoms with van der Waals surface area (Å²) in [6, 6.07) is 6.99. The molecule has 1 amide bonds. The van der Waals surface area contributed by atoms with Gasteiger partial charge in [0.2, 0.25) is 0 Å². The highest BCUT2D eigenvalue weighted by atomic mass is 16.5. The van der Waals surface area contributed by atoms with Crippen molar-refractivity contribution in [1.29, 1.82) is 0 Å². The summed E-state index contributed by atoms with van der Waals surface area (Å²) in [4.78, 5) is 25.2. The third-order valence-electron chi connectivity index (χ3n) is 3.76. The number of nitrogens with zero attached hydrogens (tertiary/aromatic N) is 1. The van der Waals surface area contributed by atoms with Crippen molar-refractivity contribution in [2.24, 2.45) is 0 Å². The van der Waals surface area contributed by atoms with Crippen molar-refractivity contribution >= 4 is 11.9 Å². The maximum absolute atomic E-state index is 12.6. The third kappa shape index (κ3) is 3.39. The van der Waals surface area contributed by atoms with E-state index in [9.17, 15) is 14.7 Å². The first-order valence-electron chi connectivity index (χ1n) is 7.34. The Balaban J connectivity index is 2.12. The molecule has 1 saturated heterocycles. The van der Waals surface area contributed by atoms with Gasteiger partial charge in [-0.2, -0.15) is 0 Å². The maximum atomic E-state index is 12.6. The fourth-order valence-corrected chi connectivity index (χ4v) is 2.46. The number of rotatable bonds is 4. The lowest BCUT2D eigenvalue weighted by Gasteiger charge is -2.35. The predicted octanol–water partition coefficient (Wildman–Crippen LogP) is 1.53. The van der Waals surface area contributed by atoms with Crippen molar-refractivity contribution in [2.45, 2.75) is 38.4 Å². The number of amides is 1. The van der Waals surface area contributed by atoms with Gasteiger partial charge in [0.15, 0.2) is 5.60 Å². The van der Waals surface area contributed by atoms with Crippen LogP contribution in [0.15, 0.2) is 24.3 Å². The van der Waals surface area contributed by atoms with Gasteiger partial charge in [-0.1, -0.05) is 12.1 Å². The number of piperidine rings is 1. The number of carboxylic acid groups (broad SMARTS) is 1. The summed E-state index contributed by atoms with van der Waals surface area (Å²) in [5.41, 5.74) is -1.28. The molecule has 1 aromatic rings. The molecule has 1 aliphatic heterocycles. The summed E-state index contributed by atoms with van der Waals surface area (Å²) in [5, 5.41) is 18.9. The van der Waals surface area contributed by atoms with Gasteiger partial charge in [-0.15, -0.1) is 0 Å². The summed E-state index contributed by atoms with van der Waals surface area (Å²) < 4.78 is 5.65. The molecule has 0 unspecified atom stereocenters. The summed E-state index contributed by atoms with van der Waals surface area (Å²) in [7, 11) is 0. The van der Waals surface area contributed by atoms with Crippen LogP contribution in [0.5, 0.6) is 5.75 Å². The Hall–Kier alpha value is -2.08. The van der Waals surface area contributed by atoms with Gasteiger partial charge in [-0.25, -0.2) is 4.79 Å². The first-order chi connectivity index (χ1) is 10.3. The van der Waals surface area contributed by atoms with Crippen LogP contribution in [0.4, 0.5) is 0 Å². The van der Waals surface area contributed by atoms with E-state index < -0.39 is 11.6 Å². The van der Waals surface area contributed by atoms with Gasteiger partial charge in [-0.3, -0.25) is 4.79 Å². The molecule has 1 fully saturated rings. The largest absolute Gasteiger partial charge is 0.490 e. The van der Waals surface area contributed by atoms with Crippen LogP contribution in [0.2, 0.25) is 0 Å². The van der Waals surface area contributed by atoms with Gasteiger partial charge < -0.3 is 19.8 Å². The standard InChI is InChI=1S/C16H21NO5/c1-11(2)22-13-6-4-3-5-12(13)14(18)17-9-7-16(21,8-10-17)15(19)20/h3-6,11,21H,7-10H2,1-2H3,(H,19,20). The minimum Gasteiger partial charge on any atom is -0.490 e. The van der Waals surface area contributed by atoms with E-state index in [0.717, 1.165) is 0 Å². The van der Waals surface area contributed by atoms with E-state index in [1.54, 1.807) is 29.2 Å². The van der Waals surface area contributed by atoms with Crippen molar-refractivity contribution < 1.29 is 24.5 Å². The molecule has 120 valence electrons. The maximum Gasteiger partial charge on any atom is 0.335 e. The smallest absolute Gasteiger partial charge is 0.335 e. The number of ether oxygens (including phenoxy) is 1. The zero-order valence-electron chi connectivity index (χ0n) is 12.8. The molecule has 0 spiro atoms. The molecule has 0 bridgehead atoms. The quantitative estimate of drug-likeness (QED) is 0.881. The highest BCUT2D eigenvalue weighted by Gasteiger charge is 2.40. The average Bonchev–Trinajstić information content (AvgIpc) is 2.47. The molecule has 0 atom stereocenters. The number of carbonyl (C=O) groups excluding carboxylic acids is 1. The van der Waals surface area contributed by atoms with Crippen LogP contribution in [0.1, 0.15) is 37.0 Å². The zero-order valence-corrected chi connectivity index (χ0v) is 12.8. The van der Waals surface area contributed by atoms with Crippen LogP contribution in [-0.2, 0) is 4.79 Å². The van der Waals surface area contributed by atoms with Gasteiger partial charge in [-0.05, 0) is 26.0 Å². The predicted molar refractivity (Wildman–Crippen MR) is 79.9 cm³/mol. The molecule has 0 saturated carbocycles. The lowest BCUT2D eigenvalue weighted by molar-refractivity contribution is -0.162. The Labute approximate surface area is 129 Å². The Morgan fingerprint density at radius 1 is 1.23 bits per heavy atom. The Bertz CT molecular complexity index is 561. The van der Waals surface area contributed by atoms with Crippen LogP contribution in [0.3, 0.4) is 0 Å². The first kappa shape index (κ1) is 16.3. The van der Waals surface area contributed by atoms with Crippen LogP contribution in [0.25, 0.3) is 0 Å². The molecule has 2 N–H and O–H groups in total. The van der Waals surface area contributed by atoms with Gasteiger partial charge >= 0.3 is 5.97 Å². The van der Waals surface area contributed by atoms with Crippen molar-refractivity contribution in [2.75, 3.05) is 13.1 Å².